The normalized spacial score (nSPS) is 18.6. The van der Waals surface area contributed by atoms with Gasteiger partial charge in [0.1, 0.15) is 5.82 Å². The lowest BCUT2D eigenvalue weighted by molar-refractivity contribution is -0.137. The average molecular weight is 294 g/mol. The fourth-order valence-corrected chi connectivity index (χ4v) is 2.88. The van der Waals surface area contributed by atoms with E-state index >= 15 is 0 Å². The van der Waals surface area contributed by atoms with E-state index in [9.17, 15) is 13.2 Å². The number of aromatic nitrogens is 2. The number of hydrogen-bond donors (Lipinski definition) is 0. The van der Waals surface area contributed by atoms with E-state index in [2.05, 4.69) is 16.5 Å². The molecule has 2 heterocycles. The van der Waals surface area contributed by atoms with Crippen LogP contribution in [0.15, 0.2) is 30.5 Å². The fourth-order valence-electron chi connectivity index (χ4n) is 2.88. The molecule has 0 amide bonds. The molecule has 5 heteroatoms. The van der Waals surface area contributed by atoms with Gasteiger partial charge in [-0.05, 0) is 30.4 Å². The average Bonchev–Trinajstić information content (AvgIpc) is 2.80. The minimum Gasteiger partial charge on any atom is -0.332 e. The second-order valence-corrected chi connectivity index (χ2v) is 5.79. The molecule has 0 saturated heterocycles. The van der Waals surface area contributed by atoms with Crippen molar-refractivity contribution < 1.29 is 13.2 Å². The molecule has 1 aliphatic rings. The van der Waals surface area contributed by atoms with E-state index < -0.39 is 11.7 Å². The van der Waals surface area contributed by atoms with Crippen molar-refractivity contribution in [3.63, 3.8) is 0 Å². The van der Waals surface area contributed by atoms with Crippen molar-refractivity contribution in [2.75, 3.05) is 0 Å². The van der Waals surface area contributed by atoms with Crippen molar-refractivity contribution in [3.05, 3.63) is 53.1 Å². The van der Waals surface area contributed by atoms with Gasteiger partial charge in [0.05, 0.1) is 5.56 Å². The lowest BCUT2D eigenvalue weighted by atomic mass is 9.98. The molecule has 0 N–H and O–H groups in total. The Balaban J connectivity index is 1.85. The summed E-state index contributed by atoms with van der Waals surface area (Å²) in [5, 5.41) is 0. The Hall–Kier alpha value is -1.78. The first-order valence-electron chi connectivity index (χ1n) is 7.13. The number of alkyl halides is 3. The standard InChI is InChI=1S/C16H17F3N2/c1-11-5-6-21-14(7-11)10-20-15(21)9-12-3-2-4-13(8-12)16(17,18)19/h2-4,8,10-11H,5-7,9H2,1H3. The molecule has 0 spiro atoms. The van der Waals surface area contributed by atoms with Gasteiger partial charge in [0, 0.05) is 24.9 Å². The lowest BCUT2D eigenvalue weighted by Crippen LogP contribution is -2.18. The van der Waals surface area contributed by atoms with Gasteiger partial charge in [0.15, 0.2) is 0 Å². The van der Waals surface area contributed by atoms with Crippen molar-refractivity contribution in [2.45, 2.75) is 38.9 Å². The SMILES string of the molecule is CC1CCn2c(cnc2Cc2cccc(C(F)(F)F)c2)C1. The third-order valence-corrected chi connectivity index (χ3v) is 4.04. The lowest BCUT2D eigenvalue weighted by Gasteiger charge is -2.22. The predicted molar refractivity (Wildman–Crippen MR) is 74.0 cm³/mol. The number of fused-ring (bicyclic) bond motifs is 1. The molecule has 0 fully saturated rings. The highest BCUT2D eigenvalue weighted by atomic mass is 19.4. The smallest absolute Gasteiger partial charge is 0.332 e. The highest BCUT2D eigenvalue weighted by Gasteiger charge is 2.30. The van der Waals surface area contributed by atoms with Crippen molar-refractivity contribution >= 4 is 0 Å². The van der Waals surface area contributed by atoms with E-state index in [4.69, 9.17) is 0 Å². The number of nitrogens with zero attached hydrogens (tertiary/aromatic N) is 2. The second-order valence-electron chi connectivity index (χ2n) is 5.79. The number of benzene rings is 1. The Bertz CT molecular complexity index is 643. The Morgan fingerprint density at radius 3 is 2.90 bits per heavy atom. The second kappa shape index (κ2) is 5.20. The van der Waals surface area contributed by atoms with Gasteiger partial charge in [-0.3, -0.25) is 0 Å². The molecule has 112 valence electrons. The Kier molecular flexibility index (Phi) is 3.51. The van der Waals surface area contributed by atoms with Crippen LogP contribution in [0.1, 0.15) is 36.0 Å². The van der Waals surface area contributed by atoms with Crippen LogP contribution in [-0.2, 0) is 25.6 Å². The maximum Gasteiger partial charge on any atom is 0.416 e. The maximum atomic E-state index is 12.7. The molecule has 0 bridgehead atoms. The summed E-state index contributed by atoms with van der Waals surface area (Å²) in [6, 6.07) is 5.50. The van der Waals surface area contributed by atoms with Crippen LogP contribution in [0.2, 0.25) is 0 Å². The van der Waals surface area contributed by atoms with Crippen LogP contribution in [-0.4, -0.2) is 9.55 Å². The molecule has 1 atom stereocenters. The van der Waals surface area contributed by atoms with Crippen LogP contribution in [0.25, 0.3) is 0 Å². The van der Waals surface area contributed by atoms with Gasteiger partial charge in [0.2, 0.25) is 0 Å². The van der Waals surface area contributed by atoms with Crippen LogP contribution in [0.5, 0.6) is 0 Å². The van der Waals surface area contributed by atoms with Gasteiger partial charge in [-0.15, -0.1) is 0 Å². The van der Waals surface area contributed by atoms with Crippen molar-refractivity contribution in [2.24, 2.45) is 5.92 Å². The number of halogens is 3. The topological polar surface area (TPSA) is 17.8 Å². The molecule has 1 aromatic carbocycles. The van der Waals surface area contributed by atoms with Gasteiger partial charge in [-0.2, -0.15) is 13.2 Å². The number of rotatable bonds is 2. The first-order valence-corrected chi connectivity index (χ1v) is 7.13. The van der Waals surface area contributed by atoms with Gasteiger partial charge in [0.25, 0.3) is 0 Å². The summed E-state index contributed by atoms with van der Waals surface area (Å²) in [6.45, 7) is 3.12. The van der Waals surface area contributed by atoms with Gasteiger partial charge < -0.3 is 4.57 Å². The summed E-state index contributed by atoms with van der Waals surface area (Å²) < 4.78 is 40.4. The van der Waals surface area contributed by atoms with E-state index in [1.54, 1.807) is 6.07 Å². The molecule has 0 aliphatic carbocycles. The van der Waals surface area contributed by atoms with E-state index in [1.165, 1.54) is 17.8 Å². The summed E-state index contributed by atoms with van der Waals surface area (Å²) in [5.41, 5.74) is 1.24. The van der Waals surface area contributed by atoms with Crippen molar-refractivity contribution in [3.8, 4) is 0 Å². The zero-order valence-corrected chi connectivity index (χ0v) is 11.8. The minimum atomic E-state index is -4.29. The third kappa shape index (κ3) is 2.96. The summed E-state index contributed by atoms with van der Waals surface area (Å²) in [6.07, 6.45) is 0.100. The zero-order valence-electron chi connectivity index (χ0n) is 11.8. The van der Waals surface area contributed by atoms with E-state index in [0.717, 1.165) is 31.3 Å². The van der Waals surface area contributed by atoms with Crippen molar-refractivity contribution in [1.82, 2.24) is 9.55 Å². The van der Waals surface area contributed by atoms with Gasteiger partial charge in [-0.25, -0.2) is 4.98 Å². The van der Waals surface area contributed by atoms with Crippen LogP contribution >= 0.6 is 0 Å². The summed E-state index contributed by atoms with van der Waals surface area (Å²) >= 11 is 0. The first-order chi connectivity index (χ1) is 9.93. The molecule has 0 radical (unpaired) electrons. The molecule has 0 saturated carbocycles. The molecular formula is C16H17F3N2. The summed E-state index contributed by atoms with van der Waals surface area (Å²) in [7, 11) is 0. The molecule has 1 aromatic heterocycles. The molecule has 1 aliphatic heterocycles. The van der Waals surface area contributed by atoms with Crippen LogP contribution in [0, 0.1) is 5.92 Å². The Labute approximate surface area is 121 Å². The molecule has 21 heavy (non-hydrogen) atoms. The predicted octanol–water partition coefficient (Wildman–Crippen LogP) is 4.08. The molecule has 2 aromatic rings. The van der Waals surface area contributed by atoms with Crippen molar-refractivity contribution in [1.29, 1.82) is 0 Å². The fraction of sp³-hybridized carbons (Fsp3) is 0.438. The Morgan fingerprint density at radius 2 is 2.14 bits per heavy atom. The van der Waals surface area contributed by atoms with Gasteiger partial charge in [-0.1, -0.05) is 25.1 Å². The molecular weight excluding hydrogens is 277 g/mol. The van der Waals surface area contributed by atoms with E-state index in [-0.39, 0.29) is 0 Å². The summed E-state index contributed by atoms with van der Waals surface area (Å²) in [5.74, 6) is 1.51. The highest BCUT2D eigenvalue weighted by Crippen LogP contribution is 2.30. The van der Waals surface area contributed by atoms with Crippen LogP contribution in [0.3, 0.4) is 0 Å². The maximum absolute atomic E-state index is 12.7. The number of imidazole rings is 1. The number of hydrogen-bond acceptors (Lipinski definition) is 1. The summed E-state index contributed by atoms with van der Waals surface area (Å²) in [4.78, 5) is 4.40. The largest absolute Gasteiger partial charge is 0.416 e. The monoisotopic (exact) mass is 294 g/mol. The molecule has 1 unspecified atom stereocenters. The quantitative estimate of drug-likeness (QED) is 0.816. The Morgan fingerprint density at radius 1 is 1.33 bits per heavy atom. The zero-order chi connectivity index (χ0) is 15.0. The highest BCUT2D eigenvalue weighted by molar-refractivity contribution is 5.28. The van der Waals surface area contributed by atoms with E-state index in [0.29, 0.717) is 17.9 Å². The first kappa shape index (κ1) is 14.2. The van der Waals surface area contributed by atoms with Crippen LogP contribution < -0.4 is 0 Å². The molecule has 3 rings (SSSR count). The van der Waals surface area contributed by atoms with Crippen LogP contribution in [0.4, 0.5) is 13.2 Å². The van der Waals surface area contributed by atoms with Gasteiger partial charge >= 0.3 is 6.18 Å². The molecule has 2 nitrogen and oxygen atoms in total. The third-order valence-electron chi connectivity index (χ3n) is 4.04. The van der Waals surface area contributed by atoms with E-state index in [1.807, 2.05) is 6.20 Å². The minimum absolute atomic E-state index is 0.443.